The summed E-state index contributed by atoms with van der Waals surface area (Å²) in [6.07, 6.45) is 32.6. The first-order valence-corrected chi connectivity index (χ1v) is 47.1. The standard InChI is InChI=1S/C27H37N5O2.C26H34FN5O2.C25H33N5O2.C24H30FN5O2.4CH4/c1-6-34-27(4,5)18-31-17-24(32(26(31)33)22-9-7-8-20(3)16-22)23-14-15-28-25(30-23)29-21-12-10-19(2)11-13-21;1-5-34-26(3,4)17-31-16-23(32(25(31)33)21-12-8-19(27)9-13-21)22-14-15-28-24(30-22)29-20-10-6-18(2)7-11-20;1-17-8-10-20(11-9-17)27-24-26-13-12-22(28-24)23-16-29(15-19(3)32-4)25(31)30(23)21-7-5-6-18(2)14-21;1-16-4-8-19(9-5-16)27-23-26-13-12-21(28-23)22-15-29(14-17(2)32-3)24(31)30(22)20-10-6-18(25)7-11-20;;;;/h7-9,14-17,19,21H,6,10-13,18H2,1-5H3,(H,28,29,30);8-9,12-16,18,20H,5-7,10-11,17H2,1-4H3,(H,28,29,30);5-7,12-14,16-17,19-20H,8-11,15H2,1-4H3,(H,26,27,28);6-7,10-13,15-17,19H,4-5,8-9,14H2,1-3H3,(H,26,27,28);4*1H4. The molecule has 30 heteroatoms. The van der Waals surface area contributed by atoms with E-state index in [0.29, 0.717) is 133 Å². The number of aromatic nitrogens is 16. The first kappa shape index (κ1) is 108. The average molecular weight is 1870 g/mol. The fourth-order valence-corrected chi connectivity index (χ4v) is 17.9. The third-order valence-corrected chi connectivity index (χ3v) is 25.5. The lowest BCUT2D eigenvalue weighted by molar-refractivity contribution is -0.0233. The fraction of sp³-hybridized carbons (Fsp3) is 0.509. The Morgan fingerprint density at radius 2 is 0.618 bits per heavy atom. The van der Waals surface area contributed by atoms with Crippen LogP contribution in [0.2, 0.25) is 0 Å². The summed E-state index contributed by atoms with van der Waals surface area (Å²) in [5.74, 6) is 4.72. The van der Waals surface area contributed by atoms with E-state index in [9.17, 15) is 28.0 Å². The van der Waals surface area contributed by atoms with Gasteiger partial charge < -0.3 is 40.2 Å². The molecule has 4 aromatic carbocycles. The minimum absolute atomic E-state index is 0. The predicted octanol–water partition coefficient (Wildman–Crippen LogP) is 21.5. The van der Waals surface area contributed by atoms with Gasteiger partial charge in [0.25, 0.3) is 0 Å². The van der Waals surface area contributed by atoms with Gasteiger partial charge in [0.1, 0.15) is 11.6 Å². The molecule has 2 unspecified atom stereocenters. The molecule has 0 spiro atoms. The topological polar surface area (TPSA) is 296 Å². The number of nitrogens with one attached hydrogen (secondary N) is 4. The quantitative estimate of drug-likeness (QED) is 0.0325. The van der Waals surface area contributed by atoms with Crippen LogP contribution in [0.4, 0.5) is 32.6 Å². The number of benzene rings is 4. The maximum Gasteiger partial charge on any atom is 0.333 e. The highest BCUT2D eigenvalue weighted by molar-refractivity contribution is 5.63. The van der Waals surface area contributed by atoms with Gasteiger partial charge in [-0.15, -0.1) is 0 Å². The number of hydrogen-bond donors (Lipinski definition) is 4. The first-order chi connectivity index (χ1) is 63.4. The van der Waals surface area contributed by atoms with Crippen LogP contribution in [-0.2, 0) is 45.1 Å². The highest BCUT2D eigenvalue weighted by Gasteiger charge is 2.30. The molecule has 736 valence electrons. The second kappa shape index (κ2) is 49.8. The van der Waals surface area contributed by atoms with Crippen molar-refractivity contribution in [3.8, 4) is 68.3 Å². The smallest absolute Gasteiger partial charge is 0.333 e. The van der Waals surface area contributed by atoms with Gasteiger partial charge in [-0.3, -0.25) is 36.5 Å². The number of hydrogen-bond acceptors (Lipinski definition) is 20. The Morgan fingerprint density at radius 3 is 0.868 bits per heavy atom. The number of imidazole rings is 4. The molecular formula is C106H150F2N20O8. The van der Waals surface area contributed by atoms with Gasteiger partial charge >= 0.3 is 22.8 Å². The molecule has 8 aromatic heterocycles. The van der Waals surface area contributed by atoms with Gasteiger partial charge in [0, 0.05) is 101 Å². The highest BCUT2D eigenvalue weighted by Crippen LogP contribution is 2.34. The molecule has 4 aliphatic rings. The number of halogens is 2. The van der Waals surface area contributed by atoms with Gasteiger partial charge in [-0.05, 0) is 304 Å². The van der Waals surface area contributed by atoms with E-state index in [4.69, 9.17) is 38.9 Å². The van der Waals surface area contributed by atoms with E-state index in [1.807, 2.05) is 142 Å². The summed E-state index contributed by atoms with van der Waals surface area (Å²) in [5, 5.41) is 13.9. The molecule has 16 rings (SSSR count). The zero-order valence-corrected chi connectivity index (χ0v) is 79.7. The maximum absolute atomic E-state index is 13.6. The third-order valence-electron chi connectivity index (χ3n) is 25.5. The number of ether oxygens (including phenoxy) is 4. The minimum Gasteiger partial charge on any atom is -0.380 e. The summed E-state index contributed by atoms with van der Waals surface area (Å²) in [5.41, 5.74) is 8.70. The van der Waals surface area contributed by atoms with Crippen LogP contribution in [-0.4, -0.2) is 151 Å². The second-order valence-electron chi connectivity index (χ2n) is 37.7. The summed E-state index contributed by atoms with van der Waals surface area (Å²) in [7, 11) is 3.27. The van der Waals surface area contributed by atoms with E-state index in [2.05, 4.69) is 68.9 Å². The Labute approximate surface area is 803 Å². The summed E-state index contributed by atoms with van der Waals surface area (Å²) < 4.78 is 62.8. The molecule has 4 N–H and O–H groups in total. The lowest BCUT2D eigenvalue weighted by atomic mass is 9.87. The van der Waals surface area contributed by atoms with Gasteiger partial charge in [0.15, 0.2) is 0 Å². The molecular weight excluding hydrogens is 1720 g/mol. The molecule has 0 saturated heterocycles. The van der Waals surface area contributed by atoms with Crippen molar-refractivity contribution < 1.29 is 27.7 Å². The van der Waals surface area contributed by atoms with Gasteiger partial charge in [0.2, 0.25) is 23.8 Å². The molecule has 0 radical (unpaired) electrons. The highest BCUT2D eigenvalue weighted by atomic mass is 19.1. The van der Waals surface area contributed by atoms with E-state index < -0.39 is 11.2 Å². The van der Waals surface area contributed by atoms with Crippen LogP contribution in [0.25, 0.3) is 68.3 Å². The Bertz CT molecular complexity index is 6000. The van der Waals surface area contributed by atoms with E-state index in [-0.39, 0.29) is 76.3 Å². The second-order valence-corrected chi connectivity index (χ2v) is 37.7. The summed E-state index contributed by atoms with van der Waals surface area (Å²) in [6, 6.07) is 36.5. The molecule has 28 nitrogen and oxygen atoms in total. The fourth-order valence-electron chi connectivity index (χ4n) is 17.9. The number of aryl methyl sites for hydroxylation is 2. The Morgan fingerprint density at radius 1 is 0.368 bits per heavy atom. The van der Waals surface area contributed by atoms with Crippen molar-refractivity contribution in [3.05, 3.63) is 236 Å². The Balaban J connectivity index is 0.000000201. The van der Waals surface area contributed by atoms with Crippen LogP contribution >= 0.6 is 0 Å². The molecule has 0 bridgehead atoms. The average Bonchev–Trinajstić information content (AvgIpc) is 1.64. The van der Waals surface area contributed by atoms with Crippen LogP contribution < -0.4 is 44.0 Å². The van der Waals surface area contributed by atoms with Gasteiger partial charge in [0.05, 0.1) is 118 Å². The number of nitrogens with zero attached hydrogens (tertiary/aromatic N) is 16. The van der Waals surface area contributed by atoms with E-state index in [1.165, 1.54) is 75.6 Å². The number of methoxy groups -OCH3 is 2. The summed E-state index contributed by atoms with van der Waals surface area (Å²) in [6.45, 7) is 31.8. The van der Waals surface area contributed by atoms with Crippen molar-refractivity contribution >= 4 is 23.8 Å². The van der Waals surface area contributed by atoms with Gasteiger partial charge in [-0.1, -0.05) is 81.7 Å². The zero-order chi connectivity index (χ0) is 93.9. The zero-order valence-electron chi connectivity index (χ0n) is 79.7. The van der Waals surface area contributed by atoms with E-state index >= 15 is 0 Å². The molecule has 4 aliphatic carbocycles. The molecule has 2 atom stereocenters. The normalized spacial score (nSPS) is 18.6. The third kappa shape index (κ3) is 28.6. The van der Waals surface area contributed by atoms with E-state index in [0.717, 1.165) is 109 Å². The molecule has 8 heterocycles. The molecule has 0 aliphatic heterocycles. The summed E-state index contributed by atoms with van der Waals surface area (Å²) >= 11 is 0. The molecule has 12 aromatic rings. The number of rotatable bonds is 30. The molecule has 4 saturated carbocycles. The molecule has 4 fully saturated rings. The largest absolute Gasteiger partial charge is 0.380 e. The van der Waals surface area contributed by atoms with Crippen LogP contribution in [0, 0.1) is 49.2 Å². The lowest BCUT2D eigenvalue weighted by Crippen LogP contribution is -2.35. The SMILES string of the molecule is C.C.C.C.CCOC(C)(C)Cn1cc(-c2ccnc(NC3CCC(C)CC3)n2)n(-c2ccc(F)cc2)c1=O.CCOC(C)(C)Cn1cc(-c2ccnc(NC3CCC(C)CC3)n2)n(-c2cccc(C)c2)c1=O.COC(C)Cn1cc(-c2ccnc(NC3CCC(C)CC3)n2)n(-c2ccc(F)cc2)c1=O.COC(C)Cn1cc(-c2ccnc(NC3CCC(C)CC3)n2)n(-c2cccc(C)c2)c1=O. The lowest BCUT2D eigenvalue weighted by Gasteiger charge is -2.26. The van der Waals surface area contributed by atoms with Crippen molar-refractivity contribution in [3.63, 3.8) is 0 Å². The Kier molecular flexibility index (Phi) is 39.4. The van der Waals surface area contributed by atoms with Crippen molar-refractivity contribution in [2.24, 2.45) is 23.7 Å². The number of anilines is 4. The van der Waals surface area contributed by atoms with Crippen LogP contribution in [0.5, 0.6) is 0 Å². The monoisotopic (exact) mass is 1870 g/mol. The van der Waals surface area contributed by atoms with Crippen molar-refractivity contribution in [1.29, 1.82) is 0 Å². The van der Waals surface area contributed by atoms with Crippen LogP contribution in [0.3, 0.4) is 0 Å². The van der Waals surface area contributed by atoms with Crippen molar-refractivity contribution in [2.75, 3.05) is 48.7 Å². The van der Waals surface area contributed by atoms with E-state index in [1.54, 1.807) is 124 Å². The maximum atomic E-state index is 13.6. The molecule has 0 amide bonds. The predicted molar refractivity (Wildman–Crippen MR) is 545 cm³/mol. The van der Waals surface area contributed by atoms with Crippen LogP contribution in [0.1, 0.15) is 227 Å². The minimum atomic E-state index is -0.526. The van der Waals surface area contributed by atoms with Gasteiger partial charge in [-0.2, -0.15) is 0 Å². The Hall–Kier alpha value is -11.9. The molecule has 136 heavy (non-hydrogen) atoms. The van der Waals surface area contributed by atoms with Gasteiger partial charge in [-0.25, -0.2) is 67.8 Å². The van der Waals surface area contributed by atoms with Crippen LogP contribution in [0.15, 0.2) is 190 Å². The first-order valence-electron chi connectivity index (χ1n) is 47.1. The van der Waals surface area contributed by atoms with Crippen molar-refractivity contribution in [1.82, 2.24) is 76.4 Å². The van der Waals surface area contributed by atoms with Crippen molar-refractivity contribution in [2.45, 2.75) is 303 Å². The summed E-state index contributed by atoms with van der Waals surface area (Å²) in [4.78, 5) is 90.5.